The minimum Gasteiger partial charge on any atom is -0.356 e. The molecular formula is C20H24N4O2. The number of nitrogens with zero attached hydrogens (tertiary/aromatic N) is 3. The van der Waals surface area contributed by atoms with Gasteiger partial charge in [0.05, 0.1) is 5.56 Å². The van der Waals surface area contributed by atoms with Crippen molar-refractivity contribution in [1.29, 1.82) is 0 Å². The Balaban J connectivity index is 1.36. The van der Waals surface area contributed by atoms with E-state index in [1.807, 2.05) is 47.1 Å². The SMILES string of the molecule is Cn1ccc(C(=O)N[C@@H]2CCC23CCN(C(=O)c2ccccn2)CC3)c1. The number of aryl methyl sites for hydroxylation is 1. The number of rotatable bonds is 3. The van der Waals surface area contributed by atoms with E-state index in [-0.39, 0.29) is 23.3 Å². The lowest BCUT2D eigenvalue weighted by Gasteiger charge is -2.54. The number of likely N-dealkylation sites (tertiary alicyclic amines) is 1. The van der Waals surface area contributed by atoms with Crippen LogP contribution in [0.1, 0.15) is 46.5 Å². The molecule has 2 aromatic heterocycles. The summed E-state index contributed by atoms with van der Waals surface area (Å²) in [5.41, 5.74) is 1.36. The summed E-state index contributed by atoms with van der Waals surface area (Å²) < 4.78 is 1.88. The fourth-order valence-corrected chi connectivity index (χ4v) is 4.21. The van der Waals surface area contributed by atoms with Gasteiger partial charge in [-0.3, -0.25) is 14.6 Å². The van der Waals surface area contributed by atoms with Crippen molar-refractivity contribution in [3.63, 3.8) is 0 Å². The molecule has 6 nitrogen and oxygen atoms in total. The molecule has 4 rings (SSSR count). The smallest absolute Gasteiger partial charge is 0.272 e. The molecule has 1 aliphatic carbocycles. The van der Waals surface area contributed by atoms with Crippen LogP contribution in [0.4, 0.5) is 0 Å². The van der Waals surface area contributed by atoms with Crippen LogP contribution in [-0.4, -0.2) is 45.4 Å². The van der Waals surface area contributed by atoms with Crippen LogP contribution in [0.2, 0.25) is 0 Å². The highest BCUT2D eigenvalue weighted by Gasteiger charge is 2.49. The lowest BCUT2D eigenvalue weighted by atomic mass is 9.59. The van der Waals surface area contributed by atoms with Crippen LogP contribution < -0.4 is 5.32 Å². The van der Waals surface area contributed by atoms with Gasteiger partial charge in [-0.2, -0.15) is 0 Å². The molecule has 0 unspecified atom stereocenters. The molecule has 3 heterocycles. The molecule has 2 aliphatic rings. The van der Waals surface area contributed by atoms with E-state index >= 15 is 0 Å². The number of carbonyl (C=O) groups is 2. The number of nitrogens with one attached hydrogen (secondary N) is 1. The van der Waals surface area contributed by atoms with Crippen molar-refractivity contribution < 1.29 is 9.59 Å². The lowest BCUT2D eigenvalue weighted by Crippen LogP contribution is -2.59. The lowest BCUT2D eigenvalue weighted by molar-refractivity contribution is -0.00248. The van der Waals surface area contributed by atoms with Gasteiger partial charge in [0.2, 0.25) is 0 Å². The Morgan fingerprint density at radius 2 is 2.00 bits per heavy atom. The van der Waals surface area contributed by atoms with Gasteiger partial charge in [0.25, 0.3) is 11.8 Å². The van der Waals surface area contributed by atoms with Gasteiger partial charge in [-0.15, -0.1) is 0 Å². The minimum absolute atomic E-state index is 0.00154. The third-order valence-corrected chi connectivity index (χ3v) is 6.00. The van der Waals surface area contributed by atoms with Crippen molar-refractivity contribution in [1.82, 2.24) is 19.8 Å². The highest BCUT2D eigenvalue weighted by molar-refractivity contribution is 5.94. The monoisotopic (exact) mass is 352 g/mol. The second-order valence-electron chi connectivity index (χ2n) is 7.50. The molecule has 0 aromatic carbocycles. The molecule has 2 amide bonds. The molecule has 2 fully saturated rings. The van der Waals surface area contributed by atoms with Crippen LogP contribution in [0.15, 0.2) is 42.9 Å². The Kier molecular flexibility index (Phi) is 4.26. The Morgan fingerprint density at radius 1 is 1.19 bits per heavy atom. The quantitative estimate of drug-likeness (QED) is 0.921. The van der Waals surface area contributed by atoms with E-state index in [1.54, 1.807) is 12.3 Å². The van der Waals surface area contributed by atoms with Gasteiger partial charge in [0.1, 0.15) is 5.69 Å². The van der Waals surface area contributed by atoms with E-state index < -0.39 is 0 Å². The topological polar surface area (TPSA) is 67.2 Å². The predicted octanol–water partition coefficient (Wildman–Crippen LogP) is 2.23. The minimum atomic E-state index is 0.00154. The first-order chi connectivity index (χ1) is 12.6. The highest BCUT2D eigenvalue weighted by Crippen LogP contribution is 2.49. The molecule has 0 radical (unpaired) electrons. The van der Waals surface area contributed by atoms with Crippen LogP contribution in [-0.2, 0) is 7.05 Å². The largest absolute Gasteiger partial charge is 0.356 e. The summed E-state index contributed by atoms with van der Waals surface area (Å²) in [5, 5.41) is 3.21. The zero-order valence-electron chi connectivity index (χ0n) is 15.0. The summed E-state index contributed by atoms with van der Waals surface area (Å²) in [5.74, 6) is 0.00584. The van der Waals surface area contributed by atoms with Gasteiger partial charge < -0.3 is 14.8 Å². The third kappa shape index (κ3) is 3.00. The van der Waals surface area contributed by atoms with Crippen LogP contribution in [0, 0.1) is 5.41 Å². The van der Waals surface area contributed by atoms with Crippen molar-refractivity contribution in [3.8, 4) is 0 Å². The first-order valence-electron chi connectivity index (χ1n) is 9.21. The van der Waals surface area contributed by atoms with Crippen LogP contribution in [0.5, 0.6) is 0 Å². The normalized spacial score (nSPS) is 21.3. The van der Waals surface area contributed by atoms with E-state index in [9.17, 15) is 9.59 Å². The van der Waals surface area contributed by atoms with Crippen LogP contribution in [0.3, 0.4) is 0 Å². The Morgan fingerprint density at radius 3 is 2.58 bits per heavy atom. The number of amides is 2. The summed E-state index contributed by atoms with van der Waals surface area (Å²) in [6, 6.07) is 7.47. The van der Waals surface area contributed by atoms with Gasteiger partial charge >= 0.3 is 0 Å². The van der Waals surface area contributed by atoms with E-state index in [2.05, 4.69) is 10.3 Å². The van der Waals surface area contributed by atoms with E-state index in [0.29, 0.717) is 11.3 Å². The van der Waals surface area contributed by atoms with Crippen molar-refractivity contribution in [2.45, 2.75) is 31.7 Å². The summed E-state index contributed by atoms with van der Waals surface area (Å²) >= 11 is 0. The molecule has 1 saturated carbocycles. The van der Waals surface area contributed by atoms with Crippen molar-refractivity contribution in [2.75, 3.05) is 13.1 Å². The summed E-state index contributed by atoms with van der Waals surface area (Å²) in [6.07, 6.45) is 9.39. The average Bonchev–Trinajstić information content (AvgIpc) is 3.12. The van der Waals surface area contributed by atoms with Crippen LogP contribution >= 0.6 is 0 Å². The zero-order chi connectivity index (χ0) is 18.1. The van der Waals surface area contributed by atoms with E-state index in [1.165, 1.54) is 0 Å². The molecule has 2 aromatic rings. The maximum Gasteiger partial charge on any atom is 0.272 e. The Labute approximate surface area is 153 Å². The first kappa shape index (κ1) is 16.8. The average molecular weight is 352 g/mol. The number of carbonyl (C=O) groups excluding carboxylic acids is 2. The van der Waals surface area contributed by atoms with Gasteiger partial charge in [-0.1, -0.05) is 6.07 Å². The van der Waals surface area contributed by atoms with E-state index in [4.69, 9.17) is 0 Å². The van der Waals surface area contributed by atoms with Crippen molar-refractivity contribution in [3.05, 3.63) is 54.1 Å². The first-order valence-corrected chi connectivity index (χ1v) is 9.21. The van der Waals surface area contributed by atoms with Crippen molar-refractivity contribution >= 4 is 11.8 Å². The molecule has 1 spiro atoms. The second kappa shape index (κ2) is 6.59. The summed E-state index contributed by atoms with van der Waals surface area (Å²) in [6.45, 7) is 1.46. The van der Waals surface area contributed by atoms with Crippen molar-refractivity contribution in [2.24, 2.45) is 12.5 Å². The molecule has 0 bridgehead atoms. The zero-order valence-corrected chi connectivity index (χ0v) is 15.0. The third-order valence-electron chi connectivity index (χ3n) is 6.00. The van der Waals surface area contributed by atoms with Gasteiger partial charge in [-0.25, -0.2) is 0 Å². The number of piperidine rings is 1. The predicted molar refractivity (Wildman–Crippen MR) is 97.7 cm³/mol. The Bertz CT molecular complexity index is 806. The number of aromatic nitrogens is 2. The molecule has 1 atom stereocenters. The molecular weight excluding hydrogens is 328 g/mol. The van der Waals surface area contributed by atoms with Gasteiger partial charge in [0, 0.05) is 44.8 Å². The molecule has 1 aliphatic heterocycles. The second-order valence-corrected chi connectivity index (χ2v) is 7.50. The molecule has 1 saturated heterocycles. The number of hydrogen-bond donors (Lipinski definition) is 1. The number of pyridine rings is 1. The Hall–Kier alpha value is -2.63. The van der Waals surface area contributed by atoms with E-state index in [0.717, 1.165) is 38.8 Å². The van der Waals surface area contributed by atoms with Gasteiger partial charge in [-0.05, 0) is 49.3 Å². The molecule has 136 valence electrons. The fourth-order valence-electron chi connectivity index (χ4n) is 4.21. The highest BCUT2D eigenvalue weighted by atomic mass is 16.2. The maximum atomic E-state index is 12.6. The molecule has 6 heteroatoms. The maximum absolute atomic E-state index is 12.6. The standard InChI is InChI=1S/C20H24N4O2/c1-23-11-6-15(14-23)18(25)22-17-5-7-20(17)8-12-24(13-9-20)19(26)16-4-2-3-10-21-16/h2-4,6,10-11,14,17H,5,7-9,12-13H2,1H3,(H,22,25)/t17-/m1/s1. The summed E-state index contributed by atoms with van der Waals surface area (Å²) in [7, 11) is 1.91. The molecule has 26 heavy (non-hydrogen) atoms. The fraction of sp³-hybridized carbons (Fsp3) is 0.450. The summed E-state index contributed by atoms with van der Waals surface area (Å²) in [4.78, 5) is 31.1. The molecule has 1 N–H and O–H groups in total. The van der Waals surface area contributed by atoms with Crippen LogP contribution in [0.25, 0.3) is 0 Å². The number of hydrogen-bond acceptors (Lipinski definition) is 3. The van der Waals surface area contributed by atoms with Gasteiger partial charge in [0.15, 0.2) is 0 Å².